The predicted octanol–water partition coefficient (Wildman–Crippen LogP) is 0.373. The van der Waals surface area contributed by atoms with Crippen LogP contribution in [0.15, 0.2) is 46.8 Å². The molecule has 0 aliphatic carbocycles. The Morgan fingerprint density at radius 2 is 1.93 bits per heavy atom. The van der Waals surface area contributed by atoms with Crippen molar-refractivity contribution in [1.82, 2.24) is 45.5 Å². The van der Waals surface area contributed by atoms with Crippen molar-refractivity contribution in [2.75, 3.05) is 31.1 Å². The lowest BCUT2D eigenvalue weighted by Gasteiger charge is -2.58. The van der Waals surface area contributed by atoms with E-state index in [4.69, 9.17) is 12.2 Å². The number of aliphatic carboxylic acids is 1. The van der Waals surface area contributed by atoms with Crippen LogP contribution in [0.2, 0.25) is 0 Å². The number of piperazine rings is 1. The van der Waals surface area contributed by atoms with Crippen LogP contribution in [0.1, 0.15) is 25.5 Å². The largest absolute Gasteiger partial charge is 0.477 e. The fraction of sp³-hybridized carbons (Fsp3) is 0.423. The van der Waals surface area contributed by atoms with Gasteiger partial charge in [-0.2, -0.15) is 0 Å². The van der Waals surface area contributed by atoms with Crippen LogP contribution < -0.4 is 10.6 Å². The summed E-state index contributed by atoms with van der Waals surface area (Å²) in [5, 5.41) is 27.0. The highest BCUT2D eigenvalue weighted by Gasteiger charge is 2.60. The number of hydrogen-bond donors (Lipinski definition) is 3. The quantitative estimate of drug-likeness (QED) is 0.191. The van der Waals surface area contributed by atoms with Gasteiger partial charge in [0.05, 0.1) is 0 Å². The normalized spacial score (nSPS) is 22.4. The molecule has 0 spiro atoms. The molecule has 1 unspecified atom stereocenters. The molecule has 0 bridgehead atoms. The van der Waals surface area contributed by atoms with E-state index in [1.807, 2.05) is 0 Å². The second-order valence-corrected chi connectivity index (χ2v) is 12.7. The first-order valence-corrected chi connectivity index (χ1v) is 16.0. The number of aromatic nitrogens is 4. The number of rotatable bonds is 9. The first-order chi connectivity index (χ1) is 21.0. The van der Waals surface area contributed by atoms with Crippen molar-refractivity contribution in [3.63, 3.8) is 0 Å². The summed E-state index contributed by atoms with van der Waals surface area (Å²) in [5.41, 5.74) is 0.00463. The molecule has 1 aromatic carbocycles. The minimum absolute atomic E-state index is 0.0130. The molecule has 3 aliphatic heterocycles. The van der Waals surface area contributed by atoms with Crippen molar-refractivity contribution in [2.24, 2.45) is 7.05 Å². The van der Waals surface area contributed by atoms with Crippen LogP contribution >= 0.6 is 35.7 Å². The van der Waals surface area contributed by atoms with Crippen LogP contribution in [0, 0.1) is 0 Å². The molecule has 2 saturated heterocycles. The number of nitrogens with zero attached hydrogens (tertiary/aromatic N) is 7. The van der Waals surface area contributed by atoms with Gasteiger partial charge in [0.25, 0.3) is 0 Å². The molecule has 15 nitrogen and oxygen atoms in total. The zero-order valence-electron chi connectivity index (χ0n) is 23.9. The van der Waals surface area contributed by atoms with E-state index in [0.717, 1.165) is 4.90 Å². The number of nitrogens with one attached hydrogen (secondary N) is 2. The topological polar surface area (TPSA) is 183 Å². The third kappa shape index (κ3) is 5.63. The number of fused-ring (bicyclic) bond motifs is 1. The molecule has 2 fully saturated rings. The Bertz CT molecular complexity index is 1570. The van der Waals surface area contributed by atoms with E-state index in [9.17, 15) is 29.1 Å². The standard InChI is InChI=1S/C26H29N9O6S3/c1-4-33-10-11-34(20(38)19(33)37)24(41)27-16(14-8-6-5-7-9-14)18(36)28-26(2)22(42)35-17(21(39)40)15(12-43-23(26)35)13-44-25-29-30-31-32(25)3/h5-9,16,23H,4,10-13H2,1-3H3,(H,27,41)(H,28,36)(H,39,40)/t16?,23-,26+/m0/s1. The number of carbonyl (C=O) groups is 5. The summed E-state index contributed by atoms with van der Waals surface area (Å²) in [6.45, 7) is 3.96. The van der Waals surface area contributed by atoms with Crippen LogP contribution in [-0.4, -0.2) is 117 Å². The highest BCUT2D eigenvalue weighted by atomic mass is 32.2. The van der Waals surface area contributed by atoms with Gasteiger partial charge < -0.3 is 25.5 Å². The fourth-order valence-corrected chi connectivity index (χ4v) is 8.10. The summed E-state index contributed by atoms with van der Waals surface area (Å²) in [5.74, 6) is -2.82. The monoisotopic (exact) mass is 659 g/mol. The van der Waals surface area contributed by atoms with Crippen LogP contribution in [0.3, 0.4) is 0 Å². The molecular weight excluding hydrogens is 631 g/mol. The van der Waals surface area contributed by atoms with E-state index in [0.29, 0.717) is 34.3 Å². The summed E-state index contributed by atoms with van der Waals surface area (Å²) in [7, 11) is 1.69. The van der Waals surface area contributed by atoms with Crippen molar-refractivity contribution in [1.29, 1.82) is 0 Å². The van der Waals surface area contributed by atoms with Crippen LogP contribution in [0.25, 0.3) is 0 Å². The number of amides is 5. The lowest BCUT2D eigenvalue weighted by atomic mass is 9.88. The first kappa shape index (κ1) is 31.4. The Labute approximate surface area is 265 Å². The van der Waals surface area contributed by atoms with Gasteiger partial charge in [0, 0.05) is 38.2 Å². The Morgan fingerprint density at radius 1 is 1.20 bits per heavy atom. The van der Waals surface area contributed by atoms with Crippen molar-refractivity contribution in [3.05, 3.63) is 47.2 Å². The van der Waals surface area contributed by atoms with Gasteiger partial charge in [-0.1, -0.05) is 54.3 Å². The molecule has 4 heterocycles. The molecule has 5 amide bonds. The van der Waals surface area contributed by atoms with Crippen molar-refractivity contribution >= 4 is 70.5 Å². The third-order valence-electron chi connectivity index (χ3n) is 7.52. The van der Waals surface area contributed by atoms with Gasteiger partial charge in [-0.05, 0) is 35.4 Å². The van der Waals surface area contributed by atoms with Crippen LogP contribution in [0.5, 0.6) is 0 Å². The summed E-state index contributed by atoms with van der Waals surface area (Å²) in [6, 6.07) is 6.34. The van der Waals surface area contributed by atoms with Gasteiger partial charge in [0.15, 0.2) is 0 Å². The Balaban J connectivity index is 1.34. The van der Waals surface area contributed by atoms with Crippen molar-refractivity contribution in [2.45, 2.75) is 36.0 Å². The summed E-state index contributed by atoms with van der Waals surface area (Å²) >= 11 is 8.42. The van der Waals surface area contributed by atoms with Gasteiger partial charge in [-0.25, -0.2) is 14.3 Å². The molecule has 1 aromatic heterocycles. The van der Waals surface area contributed by atoms with E-state index in [1.54, 1.807) is 51.2 Å². The average Bonchev–Trinajstić information content (AvgIpc) is 3.43. The average molecular weight is 660 g/mol. The molecular formula is C26H29N9O6S3. The number of carbonyl (C=O) groups excluding carboxylic acids is 4. The van der Waals surface area contributed by atoms with E-state index in [1.165, 1.54) is 38.0 Å². The number of hydrogen-bond acceptors (Lipinski definition) is 11. The summed E-state index contributed by atoms with van der Waals surface area (Å²) in [4.78, 5) is 68.3. The SMILES string of the molecule is CCN1CCN(C(=O)NC(C(=O)N[C@]2(C)C(=S)N3C(C(=O)O)=C(CSc4nnnn4C)CS[C@H]32)c2ccccc2)C(=O)C1=O. The number of likely N-dealkylation sites (N-methyl/N-ethyl adjacent to an activating group) is 1. The molecule has 3 N–H and O–H groups in total. The molecule has 0 radical (unpaired) electrons. The Hall–Kier alpha value is -4.03. The second kappa shape index (κ2) is 12.5. The maximum atomic E-state index is 13.8. The predicted molar refractivity (Wildman–Crippen MR) is 163 cm³/mol. The van der Waals surface area contributed by atoms with Gasteiger partial charge in [-0.3, -0.25) is 19.3 Å². The molecule has 0 saturated carbocycles. The molecule has 2 aromatic rings. The summed E-state index contributed by atoms with van der Waals surface area (Å²) in [6.07, 6.45) is 0. The number of urea groups is 1. The van der Waals surface area contributed by atoms with Crippen molar-refractivity contribution < 1.29 is 29.1 Å². The minimum Gasteiger partial charge on any atom is -0.477 e. The number of carboxylic acids is 1. The molecule has 3 atom stereocenters. The number of benzene rings is 1. The first-order valence-electron chi connectivity index (χ1n) is 13.5. The number of tetrazole rings is 1. The smallest absolute Gasteiger partial charge is 0.352 e. The van der Waals surface area contributed by atoms with Crippen LogP contribution in [-0.2, 0) is 26.2 Å². The lowest BCUT2D eigenvalue weighted by Crippen LogP contribution is -2.78. The Morgan fingerprint density at radius 3 is 2.57 bits per heavy atom. The molecule has 3 aliphatic rings. The molecule has 232 valence electrons. The Kier molecular flexibility index (Phi) is 8.94. The van der Waals surface area contributed by atoms with Crippen molar-refractivity contribution in [3.8, 4) is 0 Å². The molecule has 18 heteroatoms. The van der Waals surface area contributed by atoms with E-state index in [2.05, 4.69) is 26.2 Å². The van der Waals surface area contributed by atoms with Gasteiger partial charge in [0.2, 0.25) is 11.1 Å². The maximum absolute atomic E-state index is 13.8. The number of thiocarbonyl (C=S) groups is 1. The minimum atomic E-state index is -1.24. The summed E-state index contributed by atoms with van der Waals surface area (Å²) < 4.78 is 1.49. The maximum Gasteiger partial charge on any atom is 0.352 e. The number of thioether (sulfide) groups is 2. The van der Waals surface area contributed by atoms with E-state index < -0.39 is 46.7 Å². The number of imide groups is 1. The zero-order chi connectivity index (χ0) is 31.8. The number of carboxylic acid groups (broad SMARTS) is 1. The van der Waals surface area contributed by atoms with Crippen LogP contribution in [0.4, 0.5) is 4.79 Å². The molecule has 5 rings (SSSR count). The van der Waals surface area contributed by atoms with Gasteiger partial charge in [0.1, 0.15) is 27.6 Å². The fourth-order valence-electron chi connectivity index (χ4n) is 5.15. The zero-order valence-corrected chi connectivity index (χ0v) is 26.4. The second-order valence-electron chi connectivity index (χ2n) is 10.3. The van der Waals surface area contributed by atoms with E-state index >= 15 is 0 Å². The lowest BCUT2D eigenvalue weighted by molar-refractivity contribution is -0.153. The highest BCUT2D eigenvalue weighted by Crippen LogP contribution is 2.47. The molecule has 44 heavy (non-hydrogen) atoms. The van der Waals surface area contributed by atoms with Gasteiger partial charge in [-0.15, -0.1) is 16.9 Å². The van der Waals surface area contributed by atoms with Gasteiger partial charge >= 0.3 is 23.8 Å². The number of aryl methyl sites for hydroxylation is 1. The third-order valence-corrected chi connectivity index (χ3v) is 10.8. The highest BCUT2D eigenvalue weighted by molar-refractivity contribution is 8.01. The van der Waals surface area contributed by atoms with E-state index in [-0.39, 0.29) is 23.8 Å².